The second-order valence-electron chi connectivity index (χ2n) is 15.5. The molecular weight excluding hydrogens is 424 g/mol. The van der Waals surface area contributed by atoms with Crippen LogP contribution in [-0.4, -0.2) is 44.8 Å². The first kappa shape index (κ1) is 25.5. The van der Waals surface area contributed by atoms with Crippen molar-refractivity contribution in [2.75, 3.05) is 0 Å². The third-order valence-electron chi connectivity index (χ3n) is 13.2. The van der Waals surface area contributed by atoms with Gasteiger partial charge in [0.1, 0.15) is 0 Å². The zero-order valence-corrected chi connectivity index (χ0v) is 23.2. The molecule has 3 N–H and O–H groups in total. The zero-order chi connectivity index (χ0) is 25.1. The highest BCUT2D eigenvalue weighted by atomic mass is 16.5. The van der Waals surface area contributed by atoms with Crippen LogP contribution in [0.2, 0.25) is 0 Å². The lowest BCUT2D eigenvalue weighted by molar-refractivity contribution is -0.257. The third-order valence-corrected chi connectivity index (χ3v) is 13.2. The lowest BCUT2D eigenvalue weighted by Crippen LogP contribution is -2.67. The molecule has 0 aromatic rings. The first-order chi connectivity index (χ1) is 15.5. The van der Waals surface area contributed by atoms with Crippen LogP contribution in [0.1, 0.15) is 113 Å². The van der Waals surface area contributed by atoms with Crippen molar-refractivity contribution in [2.45, 2.75) is 143 Å². The molecule has 11 atom stereocenters. The second-order valence-corrected chi connectivity index (χ2v) is 15.5. The van der Waals surface area contributed by atoms with Gasteiger partial charge in [-0.25, -0.2) is 0 Å². The van der Waals surface area contributed by atoms with Crippen molar-refractivity contribution in [3.63, 3.8) is 0 Å². The van der Waals surface area contributed by atoms with Crippen molar-refractivity contribution in [3.05, 3.63) is 0 Å². The Bertz CT molecular complexity index is 817. The van der Waals surface area contributed by atoms with E-state index in [0.717, 1.165) is 51.4 Å². The Kier molecular flexibility index (Phi) is 5.59. The Hall–Kier alpha value is -0.160. The topological polar surface area (TPSA) is 69.9 Å². The number of ether oxygens (including phenoxy) is 1. The van der Waals surface area contributed by atoms with Gasteiger partial charge >= 0.3 is 0 Å². The van der Waals surface area contributed by atoms with E-state index in [1.807, 2.05) is 13.8 Å². The van der Waals surface area contributed by atoms with E-state index in [1.165, 1.54) is 6.42 Å². The average molecular weight is 477 g/mol. The molecule has 5 aliphatic rings. The van der Waals surface area contributed by atoms with Crippen LogP contribution in [0.3, 0.4) is 0 Å². The normalized spacial score (nSPS) is 57.1. The molecule has 0 radical (unpaired) electrons. The molecule has 5 fully saturated rings. The maximum Gasteiger partial charge on any atom is 0.0865 e. The Labute approximate surface area is 208 Å². The highest BCUT2D eigenvalue weighted by Gasteiger charge is 2.72. The van der Waals surface area contributed by atoms with Crippen molar-refractivity contribution in [1.29, 1.82) is 0 Å². The fourth-order valence-electron chi connectivity index (χ4n) is 11.2. The lowest BCUT2D eigenvalue weighted by atomic mass is 9.35. The van der Waals surface area contributed by atoms with E-state index in [-0.39, 0.29) is 51.5 Å². The number of aliphatic hydroxyl groups excluding tert-OH is 2. The summed E-state index contributed by atoms with van der Waals surface area (Å²) in [4.78, 5) is 0. The summed E-state index contributed by atoms with van der Waals surface area (Å²) >= 11 is 0. The lowest BCUT2D eigenvalue weighted by Gasteiger charge is -2.70. The van der Waals surface area contributed by atoms with Gasteiger partial charge in [0.05, 0.1) is 29.5 Å². The molecule has 0 amide bonds. The van der Waals surface area contributed by atoms with Gasteiger partial charge in [-0.2, -0.15) is 0 Å². The van der Waals surface area contributed by atoms with Gasteiger partial charge in [0.15, 0.2) is 0 Å². The van der Waals surface area contributed by atoms with Crippen LogP contribution in [0.4, 0.5) is 0 Å². The van der Waals surface area contributed by atoms with E-state index < -0.39 is 5.60 Å². The number of hydrogen-bond donors (Lipinski definition) is 3. The monoisotopic (exact) mass is 476 g/mol. The summed E-state index contributed by atoms with van der Waals surface area (Å²) in [5, 5.41) is 33.5. The molecule has 4 aliphatic carbocycles. The van der Waals surface area contributed by atoms with Gasteiger partial charge < -0.3 is 20.1 Å². The Morgan fingerprint density at radius 2 is 1.41 bits per heavy atom. The molecule has 4 nitrogen and oxygen atoms in total. The van der Waals surface area contributed by atoms with Crippen molar-refractivity contribution in [2.24, 2.45) is 45.3 Å². The van der Waals surface area contributed by atoms with E-state index >= 15 is 0 Å². The summed E-state index contributed by atoms with van der Waals surface area (Å²) in [7, 11) is 0. The third kappa shape index (κ3) is 3.16. The van der Waals surface area contributed by atoms with Crippen molar-refractivity contribution < 1.29 is 20.1 Å². The largest absolute Gasteiger partial charge is 0.393 e. The summed E-state index contributed by atoms with van der Waals surface area (Å²) in [5.74, 6) is 1.63. The van der Waals surface area contributed by atoms with Gasteiger partial charge in [0.25, 0.3) is 0 Å². The molecule has 0 aromatic heterocycles. The minimum atomic E-state index is -0.811. The molecule has 1 heterocycles. The Morgan fingerprint density at radius 1 is 0.765 bits per heavy atom. The van der Waals surface area contributed by atoms with Crippen LogP contribution in [0, 0.1) is 45.3 Å². The van der Waals surface area contributed by atoms with E-state index in [1.54, 1.807) is 0 Å². The Balaban J connectivity index is 1.48. The standard InChI is InChI=1S/C30H52O4/c1-25(2)21-10-15-29(7)24(27(21,5)13-11-22(25)32)20(31)17-19-18(9-14-28(19,29)6)30(8)16-12-23(34-30)26(3,4)33/h18-24,31-33H,9-17H2,1-8H3/t18?,19?,20-,21?,22+,23?,24?,27+,28-,29-,30-/m1/s1. The van der Waals surface area contributed by atoms with E-state index in [4.69, 9.17) is 4.74 Å². The van der Waals surface area contributed by atoms with Gasteiger partial charge in [-0.05, 0) is 124 Å². The van der Waals surface area contributed by atoms with Gasteiger partial charge in [-0.3, -0.25) is 0 Å². The number of rotatable bonds is 2. The predicted molar refractivity (Wildman–Crippen MR) is 135 cm³/mol. The fraction of sp³-hybridized carbons (Fsp3) is 1.00. The predicted octanol–water partition coefficient (Wildman–Crippen LogP) is 5.71. The molecule has 196 valence electrons. The first-order valence-corrected chi connectivity index (χ1v) is 14.3. The highest BCUT2D eigenvalue weighted by molar-refractivity contribution is 5.20. The summed E-state index contributed by atoms with van der Waals surface area (Å²) in [6.45, 7) is 18.1. The molecular formula is C30H52O4. The van der Waals surface area contributed by atoms with Gasteiger partial charge in [-0.15, -0.1) is 0 Å². The average Bonchev–Trinajstić information content (AvgIpc) is 3.27. The minimum Gasteiger partial charge on any atom is -0.393 e. The maximum atomic E-state index is 12.0. The van der Waals surface area contributed by atoms with E-state index in [9.17, 15) is 15.3 Å². The van der Waals surface area contributed by atoms with Crippen LogP contribution in [0.15, 0.2) is 0 Å². The highest BCUT2D eigenvalue weighted by Crippen LogP contribution is 2.76. The van der Waals surface area contributed by atoms with Crippen LogP contribution in [0.5, 0.6) is 0 Å². The van der Waals surface area contributed by atoms with Crippen molar-refractivity contribution in [1.82, 2.24) is 0 Å². The summed E-state index contributed by atoms with van der Waals surface area (Å²) in [6, 6.07) is 0. The first-order valence-electron chi connectivity index (χ1n) is 14.3. The quantitative estimate of drug-likeness (QED) is 0.477. The second kappa shape index (κ2) is 7.45. The molecule has 5 rings (SSSR count). The maximum absolute atomic E-state index is 12.0. The smallest absolute Gasteiger partial charge is 0.0865 e. The van der Waals surface area contributed by atoms with E-state index in [2.05, 4.69) is 41.5 Å². The van der Waals surface area contributed by atoms with E-state index in [0.29, 0.717) is 17.8 Å². The molecule has 4 heteroatoms. The van der Waals surface area contributed by atoms with Crippen LogP contribution < -0.4 is 0 Å². The fourth-order valence-corrected chi connectivity index (χ4v) is 11.2. The minimum absolute atomic E-state index is 0.0704. The summed E-state index contributed by atoms with van der Waals surface area (Å²) in [5.41, 5.74) is -0.766. The number of aliphatic hydroxyl groups is 3. The molecule has 4 saturated carbocycles. The summed E-state index contributed by atoms with van der Waals surface area (Å²) < 4.78 is 6.68. The molecule has 1 aliphatic heterocycles. The molecule has 0 spiro atoms. The molecule has 34 heavy (non-hydrogen) atoms. The number of fused-ring (bicyclic) bond motifs is 5. The van der Waals surface area contributed by atoms with Gasteiger partial charge in [0, 0.05) is 0 Å². The molecule has 0 aromatic carbocycles. The molecule has 5 unspecified atom stereocenters. The molecule has 1 saturated heterocycles. The van der Waals surface area contributed by atoms with Crippen molar-refractivity contribution in [3.8, 4) is 0 Å². The Morgan fingerprint density at radius 3 is 2.03 bits per heavy atom. The van der Waals surface area contributed by atoms with Crippen LogP contribution >= 0.6 is 0 Å². The van der Waals surface area contributed by atoms with Crippen LogP contribution in [-0.2, 0) is 4.74 Å². The van der Waals surface area contributed by atoms with Crippen LogP contribution in [0.25, 0.3) is 0 Å². The SMILES string of the molecule is CC(C)(O)C1CC[C@](C)(C2CC[C@]3(C)C2C[C@@H](O)C2[C@@]4(C)CC[C@H](O)C(C)(C)C4CC[C@]23C)O1. The zero-order valence-electron chi connectivity index (χ0n) is 23.2. The van der Waals surface area contributed by atoms with Gasteiger partial charge in [0.2, 0.25) is 0 Å². The van der Waals surface area contributed by atoms with Gasteiger partial charge in [-0.1, -0.05) is 34.6 Å². The number of hydrogen-bond acceptors (Lipinski definition) is 4. The summed E-state index contributed by atoms with van der Waals surface area (Å²) in [6.07, 6.45) is 8.71. The molecule has 0 bridgehead atoms. The van der Waals surface area contributed by atoms with Crippen molar-refractivity contribution >= 4 is 0 Å².